The molecule has 6 heteroatoms. The van der Waals surface area contributed by atoms with E-state index >= 15 is 0 Å². The maximum absolute atomic E-state index is 11.9. The SMILES string of the molecule is CCN(CC)C(=O)CN(C)Cc1nc(CCl)cs1. The smallest absolute Gasteiger partial charge is 0.236 e. The van der Waals surface area contributed by atoms with Crippen molar-refractivity contribution in [2.24, 2.45) is 0 Å². The summed E-state index contributed by atoms with van der Waals surface area (Å²) in [4.78, 5) is 20.1. The molecule has 0 radical (unpaired) electrons. The third kappa shape index (κ3) is 4.55. The number of likely N-dealkylation sites (N-methyl/N-ethyl adjacent to an activating group) is 2. The van der Waals surface area contributed by atoms with Crippen molar-refractivity contribution in [3.05, 3.63) is 16.1 Å². The standard InChI is InChI=1S/C12H20ClN3OS/c1-4-16(5-2)12(17)8-15(3)7-11-14-10(6-13)9-18-11/h9H,4-8H2,1-3H3. The van der Waals surface area contributed by atoms with Crippen LogP contribution in [0.3, 0.4) is 0 Å². The summed E-state index contributed by atoms with van der Waals surface area (Å²) >= 11 is 7.30. The van der Waals surface area contributed by atoms with Crippen molar-refractivity contribution in [3.8, 4) is 0 Å². The van der Waals surface area contributed by atoms with E-state index in [4.69, 9.17) is 11.6 Å². The zero-order valence-electron chi connectivity index (χ0n) is 11.1. The normalized spacial score (nSPS) is 10.9. The Morgan fingerprint density at radius 1 is 1.44 bits per heavy atom. The number of carbonyl (C=O) groups is 1. The van der Waals surface area contributed by atoms with Gasteiger partial charge in [0.1, 0.15) is 5.01 Å². The number of hydrogen-bond donors (Lipinski definition) is 0. The molecule has 0 saturated carbocycles. The number of alkyl halides is 1. The average Bonchev–Trinajstić information content (AvgIpc) is 2.78. The molecule has 1 aromatic heterocycles. The van der Waals surface area contributed by atoms with Gasteiger partial charge in [0.05, 0.1) is 24.7 Å². The predicted octanol–water partition coefficient (Wildman–Crippen LogP) is 2.18. The first kappa shape index (κ1) is 15.4. The molecular weight excluding hydrogens is 270 g/mol. The minimum atomic E-state index is 0.164. The second-order valence-corrected chi connectivity index (χ2v) is 5.31. The monoisotopic (exact) mass is 289 g/mol. The van der Waals surface area contributed by atoms with Crippen LogP contribution in [-0.2, 0) is 17.2 Å². The van der Waals surface area contributed by atoms with Crippen LogP contribution in [0.1, 0.15) is 24.5 Å². The summed E-state index contributed by atoms with van der Waals surface area (Å²) in [5.74, 6) is 0.607. The van der Waals surface area contributed by atoms with E-state index in [0.717, 1.165) is 23.8 Å². The van der Waals surface area contributed by atoms with Crippen LogP contribution in [-0.4, -0.2) is 47.4 Å². The van der Waals surface area contributed by atoms with Crippen LogP contribution in [0.4, 0.5) is 0 Å². The van der Waals surface area contributed by atoms with Crippen molar-refractivity contribution in [2.45, 2.75) is 26.3 Å². The van der Waals surface area contributed by atoms with Crippen molar-refractivity contribution >= 4 is 28.8 Å². The van der Waals surface area contributed by atoms with Crippen molar-refractivity contribution in [2.75, 3.05) is 26.7 Å². The van der Waals surface area contributed by atoms with Gasteiger partial charge in [0, 0.05) is 18.5 Å². The van der Waals surface area contributed by atoms with E-state index in [1.807, 2.05) is 36.1 Å². The first-order chi connectivity index (χ1) is 8.60. The number of rotatable bonds is 7. The Labute approximate surface area is 118 Å². The van der Waals surface area contributed by atoms with Gasteiger partial charge >= 0.3 is 0 Å². The highest BCUT2D eigenvalue weighted by Crippen LogP contribution is 2.13. The summed E-state index contributed by atoms with van der Waals surface area (Å²) in [6.07, 6.45) is 0. The van der Waals surface area contributed by atoms with Crippen LogP contribution in [0.2, 0.25) is 0 Å². The van der Waals surface area contributed by atoms with Gasteiger partial charge in [-0.2, -0.15) is 0 Å². The predicted molar refractivity (Wildman–Crippen MR) is 75.9 cm³/mol. The van der Waals surface area contributed by atoms with Gasteiger partial charge in [0.25, 0.3) is 0 Å². The largest absolute Gasteiger partial charge is 0.342 e. The number of halogens is 1. The van der Waals surface area contributed by atoms with E-state index in [1.165, 1.54) is 0 Å². The number of hydrogen-bond acceptors (Lipinski definition) is 4. The molecule has 0 aliphatic heterocycles. The van der Waals surface area contributed by atoms with Gasteiger partial charge in [-0.25, -0.2) is 4.98 Å². The van der Waals surface area contributed by atoms with Crippen LogP contribution in [0.15, 0.2) is 5.38 Å². The molecule has 0 aliphatic carbocycles. The van der Waals surface area contributed by atoms with Gasteiger partial charge in [0.15, 0.2) is 0 Å². The van der Waals surface area contributed by atoms with Crippen LogP contribution in [0.25, 0.3) is 0 Å². The molecule has 0 fully saturated rings. The minimum absolute atomic E-state index is 0.164. The molecule has 4 nitrogen and oxygen atoms in total. The lowest BCUT2D eigenvalue weighted by molar-refractivity contribution is -0.131. The molecule has 1 rings (SSSR count). The summed E-state index contributed by atoms with van der Waals surface area (Å²) in [7, 11) is 1.93. The van der Waals surface area contributed by atoms with E-state index in [9.17, 15) is 4.79 Å². The summed E-state index contributed by atoms with van der Waals surface area (Å²) in [6.45, 7) is 6.63. The van der Waals surface area contributed by atoms with Crippen molar-refractivity contribution in [3.63, 3.8) is 0 Å². The summed E-state index contributed by atoms with van der Waals surface area (Å²) in [5.41, 5.74) is 0.903. The molecule has 0 spiro atoms. The van der Waals surface area contributed by atoms with E-state index in [0.29, 0.717) is 19.0 Å². The van der Waals surface area contributed by atoms with Crippen LogP contribution in [0, 0.1) is 0 Å². The van der Waals surface area contributed by atoms with E-state index < -0.39 is 0 Å². The minimum Gasteiger partial charge on any atom is -0.342 e. The Bertz CT molecular complexity index is 379. The van der Waals surface area contributed by atoms with Gasteiger partial charge < -0.3 is 4.90 Å². The molecule has 0 bridgehead atoms. The van der Waals surface area contributed by atoms with Gasteiger partial charge in [-0.3, -0.25) is 9.69 Å². The van der Waals surface area contributed by atoms with Gasteiger partial charge in [-0.05, 0) is 20.9 Å². The summed E-state index contributed by atoms with van der Waals surface area (Å²) in [5, 5.41) is 2.96. The van der Waals surface area contributed by atoms with Gasteiger partial charge in [-0.15, -0.1) is 22.9 Å². The quantitative estimate of drug-likeness (QED) is 0.722. The molecule has 18 heavy (non-hydrogen) atoms. The Hall–Kier alpha value is -0.650. The van der Waals surface area contributed by atoms with E-state index in [2.05, 4.69) is 4.98 Å². The number of nitrogens with zero attached hydrogens (tertiary/aromatic N) is 3. The lowest BCUT2D eigenvalue weighted by atomic mass is 10.4. The highest BCUT2D eigenvalue weighted by Gasteiger charge is 2.13. The number of aromatic nitrogens is 1. The Morgan fingerprint density at radius 3 is 2.61 bits per heavy atom. The van der Waals surface area contributed by atoms with E-state index in [1.54, 1.807) is 11.3 Å². The molecule has 1 aromatic rings. The van der Waals surface area contributed by atoms with Crippen LogP contribution >= 0.6 is 22.9 Å². The summed E-state index contributed by atoms with van der Waals surface area (Å²) in [6, 6.07) is 0. The summed E-state index contributed by atoms with van der Waals surface area (Å²) < 4.78 is 0. The molecule has 0 unspecified atom stereocenters. The Kier molecular flexibility index (Phi) is 6.60. The molecule has 0 aliphatic rings. The number of thiazole rings is 1. The lowest BCUT2D eigenvalue weighted by Crippen LogP contribution is -2.38. The zero-order chi connectivity index (χ0) is 13.5. The second-order valence-electron chi connectivity index (χ2n) is 4.10. The van der Waals surface area contributed by atoms with E-state index in [-0.39, 0.29) is 5.91 Å². The molecule has 1 amide bonds. The first-order valence-electron chi connectivity index (χ1n) is 6.06. The van der Waals surface area contributed by atoms with Crippen molar-refractivity contribution in [1.82, 2.24) is 14.8 Å². The fourth-order valence-electron chi connectivity index (χ4n) is 1.68. The topological polar surface area (TPSA) is 36.4 Å². The fraction of sp³-hybridized carbons (Fsp3) is 0.667. The first-order valence-corrected chi connectivity index (χ1v) is 7.47. The van der Waals surface area contributed by atoms with Crippen molar-refractivity contribution in [1.29, 1.82) is 0 Å². The average molecular weight is 290 g/mol. The second kappa shape index (κ2) is 7.71. The molecule has 0 saturated heterocycles. The molecular formula is C12H20ClN3OS. The zero-order valence-corrected chi connectivity index (χ0v) is 12.7. The molecule has 0 atom stereocenters. The molecule has 102 valence electrons. The molecule has 0 aromatic carbocycles. The lowest BCUT2D eigenvalue weighted by Gasteiger charge is -2.22. The Balaban J connectivity index is 2.45. The third-order valence-electron chi connectivity index (χ3n) is 2.66. The highest BCUT2D eigenvalue weighted by molar-refractivity contribution is 7.09. The van der Waals surface area contributed by atoms with Gasteiger partial charge in [-0.1, -0.05) is 0 Å². The number of amides is 1. The molecule has 1 heterocycles. The third-order valence-corrected chi connectivity index (χ3v) is 3.82. The van der Waals surface area contributed by atoms with Crippen LogP contribution < -0.4 is 0 Å². The highest BCUT2D eigenvalue weighted by atomic mass is 35.5. The number of carbonyl (C=O) groups excluding carboxylic acids is 1. The molecule has 0 N–H and O–H groups in total. The van der Waals surface area contributed by atoms with Gasteiger partial charge in [0.2, 0.25) is 5.91 Å². The van der Waals surface area contributed by atoms with Crippen LogP contribution in [0.5, 0.6) is 0 Å². The van der Waals surface area contributed by atoms with Crippen molar-refractivity contribution < 1.29 is 4.79 Å². The maximum atomic E-state index is 11.9. The maximum Gasteiger partial charge on any atom is 0.236 e. The Morgan fingerprint density at radius 2 is 2.11 bits per heavy atom. The fourth-order valence-corrected chi connectivity index (χ4v) is 2.78.